The van der Waals surface area contributed by atoms with Crippen molar-refractivity contribution in [2.75, 3.05) is 55.2 Å². The van der Waals surface area contributed by atoms with Crippen LogP contribution in [0.15, 0.2) is 78.9 Å². The smallest absolute Gasteiger partial charge is 0.416 e. The Kier molecular flexibility index (Phi) is 24.3. The summed E-state index contributed by atoms with van der Waals surface area (Å²) in [6, 6.07) is 11.5. The van der Waals surface area contributed by atoms with Gasteiger partial charge in [-0.05, 0) is 172 Å². The van der Waals surface area contributed by atoms with Crippen LogP contribution in [-0.2, 0) is 96.8 Å². The molecular weight excluding hydrogens is 1580 g/mol. The minimum atomic E-state index is -4.88. The van der Waals surface area contributed by atoms with Crippen LogP contribution < -0.4 is 36.0 Å². The van der Waals surface area contributed by atoms with Gasteiger partial charge in [-0.1, -0.05) is 98.9 Å². The summed E-state index contributed by atoms with van der Waals surface area (Å²) in [5.74, 6) is -7.24. The molecule has 5 aliphatic heterocycles. The van der Waals surface area contributed by atoms with E-state index < -0.39 is 182 Å². The summed E-state index contributed by atoms with van der Waals surface area (Å²) in [6.45, 7) is 20.6. The summed E-state index contributed by atoms with van der Waals surface area (Å²) in [4.78, 5) is 120. The van der Waals surface area contributed by atoms with Crippen molar-refractivity contribution >= 4 is 84.7 Å². The molecule has 0 spiro atoms. The normalized spacial score (nSPS) is 24.9. The number of hydrogen-bond donors (Lipinski definition) is 7. The zero-order valence-corrected chi connectivity index (χ0v) is 68.8. The molecule has 4 aromatic rings. The first-order valence-electron chi connectivity index (χ1n) is 39.8. The third-order valence-corrected chi connectivity index (χ3v) is 28.8. The SMILES string of the molecule is CC[C@@H]1C[C@]1(NC(=O)C1C[C@@H](OC(=O)N2Cc3ccc(NCCN4CCCCC4)cc3C2)CN1C(=O)[C@@H](Nc1cc(F)cc(C(F)(F)F)c1)C(C)(C)C)C(=O)NS(=O)(=O)C1(C)CC1.CC[C@@H]1C[C@]1(NC(=O)[C@@H]1C[C@@H](OC(=O)N2Cc3cccc(F)c3C2)CN1C(=O)[C@@H](Nc1cccc(C(F)(F)F)c1)C(C)(C)C)C(=O)NS(=O)(=O)C1(C)CC1. The molecule has 4 aliphatic carbocycles. The molecule has 8 amide bonds. The third kappa shape index (κ3) is 19.2. The molecule has 36 heteroatoms. The van der Waals surface area contributed by atoms with Crippen molar-refractivity contribution in [1.82, 2.24) is 44.6 Å². The Labute approximate surface area is 675 Å². The monoisotopic (exact) mass is 1680 g/mol. The van der Waals surface area contributed by atoms with E-state index in [2.05, 4.69) is 40.9 Å². The molecule has 9 aliphatic rings. The van der Waals surface area contributed by atoms with Crippen LogP contribution in [0.4, 0.5) is 61.8 Å². The number of sulfonamides is 2. The number of carbonyl (C=O) groups excluding carboxylic acids is 8. The Balaban J connectivity index is 0.000000218. The van der Waals surface area contributed by atoms with Gasteiger partial charge in [0, 0.05) is 68.2 Å². The highest BCUT2D eigenvalue weighted by Gasteiger charge is 2.65. The van der Waals surface area contributed by atoms with E-state index in [4.69, 9.17) is 9.47 Å². The van der Waals surface area contributed by atoms with Gasteiger partial charge in [0.05, 0.1) is 40.3 Å². The van der Waals surface area contributed by atoms with Crippen molar-refractivity contribution in [2.24, 2.45) is 22.7 Å². The molecule has 10 atom stereocenters. The quantitative estimate of drug-likeness (QED) is 0.0321. The van der Waals surface area contributed by atoms with Crippen LogP contribution >= 0.6 is 0 Å². The van der Waals surface area contributed by atoms with E-state index >= 15 is 0 Å². The number of nitrogens with zero attached hydrogens (tertiary/aromatic N) is 5. The highest BCUT2D eigenvalue weighted by atomic mass is 32.2. The number of fused-ring (bicyclic) bond motifs is 2. The van der Waals surface area contributed by atoms with Gasteiger partial charge in [0.15, 0.2) is 0 Å². The van der Waals surface area contributed by atoms with Gasteiger partial charge in [-0.15, -0.1) is 0 Å². The topological polar surface area (TPSA) is 324 Å². The summed E-state index contributed by atoms with van der Waals surface area (Å²) in [7, 11) is -8.10. The van der Waals surface area contributed by atoms with Crippen LogP contribution in [0.5, 0.6) is 0 Å². The number of nitrogens with one attached hydrogen (secondary N) is 7. The maximum Gasteiger partial charge on any atom is 0.416 e. The molecule has 4 aromatic carbocycles. The van der Waals surface area contributed by atoms with Crippen molar-refractivity contribution in [3.8, 4) is 0 Å². The summed E-state index contributed by atoms with van der Waals surface area (Å²) < 4.78 is 177. The number of alkyl halides is 6. The molecule has 0 radical (unpaired) electrons. The molecular formula is C81H104F8N12O14S2. The molecule has 117 heavy (non-hydrogen) atoms. The summed E-state index contributed by atoms with van der Waals surface area (Å²) in [6.07, 6.45) is -7.12. The summed E-state index contributed by atoms with van der Waals surface area (Å²) in [5.41, 5.74) is -3.86. The van der Waals surface area contributed by atoms with Gasteiger partial charge in [-0.3, -0.25) is 48.0 Å². The van der Waals surface area contributed by atoms with Crippen molar-refractivity contribution in [3.63, 3.8) is 0 Å². The van der Waals surface area contributed by atoms with Gasteiger partial charge in [-0.2, -0.15) is 26.3 Å². The first kappa shape index (κ1) is 87.3. The van der Waals surface area contributed by atoms with Crippen LogP contribution in [-0.4, -0.2) is 185 Å². The highest BCUT2D eigenvalue weighted by molar-refractivity contribution is 7.92. The second-order valence-electron chi connectivity index (χ2n) is 35.4. The standard InChI is InChI=1S/C44H59F4N7O7S.C37H45F4N5O7S/c1-6-29-23-43(29,39(58)52-63(60,61)42(5)12-13-42)51-37(56)35-22-34(26-55(35)38(57)36(41(2,3)4)50-33-20-30(44(46,47)48)19-31(45)21-33)62-40(59)54-24-27-10-11-32(18-28(27)25-54)49-14-17-53-15-8-7-9-16-53;1-6-22-17-36(22,32(49)44-54(51,52)35(5)13-14-35)43-30(47)28-16-25(53-33(50)45-18-21-9-7-12-27(38)26(21)20-45)19-46(28)31(48)29(34(2,3)4)42-24-11-8-10-23(15-24)37(39,40)41/h10-11,18-21,29,34-36,49-50H,6-9,12-17,22-26H2,1-5H3,(H,51,56)(H,52,58);7-12,15,22,25,28-29,42H,6,13-14,16-20H2,1-5H3,(H,43,47)(H,44,49)/t29-,34-,35?,36-,43-;22-,25-,28+,29-,36-/m11/s1. The fourth-order valence-corrected chi connectivity index (χ4v) is 18.9. The van der Waals surface area contributed by atoms with Gasteiger partial charge in [0.1, 0.15) is 59.1 Å². The average molecular weight is 1690 g/mol. The van der Waals surface area contributed by atoms with E-state index in [-0.39, 0.29) is 76.3 Å². The van der Waals surface area contributed by atoms with Crippen LogP contribution in [0.3, 0.4) is 0 Å². The Morgan fingerprint density at radius 1 is 0.538 bits per heavy atom. The molecule has 7 fully saturated rings. The maximum atomic E-state index is 14.7. The molecule has 4 saturated carbocycles. The lowest BCUT2D eigenvalue weighted by atomic mass is 9.85. The molecule has 26 nitrogen and oxygen atoms in total. The first-order valence-corrected chi connectivity index (χ1v) is 42.8. The number of rotatable bonds is 24. The first-order chi connectivity index (χ1) is 54.6. The molecule has 640 valence electrons. The Hall–Kier alpha value is -9.06. The van der Waals surface area contributed by atoms with E-state index in [1.165, 1.54) is 72.1 Å². The molecule has 0 bridgehead atoms. The molecule has 5 heterocycles. The largest absolute Gasteiger partial charge is 0.444 e. The lowest BCUT2D eigenvalue weighted by Crippen LogP contribution is -2.59. The van der Waals surface area contributed by atoms with Crippen molar-refractivity contribution in [3.05, 3.63) is 124 Å². The number of anilines is 3. The lowest BCUT2D eigenvalue weighted by Gasteiger charge is -2.36. The van der Waals surface area contributed by atoms with Gasteiger partial charge in [0.25, 0.3) is 11.8 Å². The van der Waals surface area contributed by atoms with Crippen molar-refractivity contribution in [2.45, 2.75) is 248 Å². The van der Waals surface area contributed by atoms with Gasteiger partial charge >= 0.3 is 24.5 Å². The molecule has 7 N–H and O–H groups in total. The van der Waals surface area contributed by atoms with Crippen LogP contribution in [0.25, 0.3) is 0 Å². The van der Waals surface area contributed by atoms with Crippen LogP contribution in [0, 0.1) is 34.3 Å². The molecule has 0 aromatic heterocycles. The zero-order valence-electron chi connectivity index (χ0n) is 67.2. The number of likely N-dealkylation sites (tertiary alicyclic amines) is 3. The predicted molar refractivity (Wildman–Crippen MR) is 415 cm³/mol. The van der Waals surface area contributed by atoms with Crippen LogP contribution in [0.2, 0.25) is 0 Å². The zero-order chi connectivity index (χ0) is 85.3. The van der Waals surface area contributed by atoms with E-state index in [0.29, 0.717) is 61.8 Å². The van der Waals surface area contributed by atoms with E-state index in [9.17, 15) is 90.3 Å². The van der Waals surface area contributed by atoms with Crippen LogP contribution in [0.1, 0.15) is 186 Å². The Morgan fingerprint density at radius 3 is 1.48 bits per heavy atom. The number of piperidine rings is 1. The molecule has 13 rings (SSSR count). The molecule has 3 saturated heterocycles. The minimum absolute atomic E-state index is 0.00654. The Bertz CT molecular complexity index is 4760. The van der Waals surface area contributed by atoms with Gasteiger partial charge in [-0.25, -0.2) is 35.2 Å². The number of carbonyl (C=O) groups is 8. The number of hydrogen-bond acceptors (Lipinski definition) is 18. The average Bonchev–Trinajstić information content (AvgIpc) is 1.57. The molecule has 1 unspecified atom stereocenters. The number of amides is 8. The third-order valence-electron chi connectivity index (χ3n) is 24.4. The Morgan fingerprint density at radius 2 is 1.01 bits per heavy atom. The fraction of sp³-hybridized carbons (Fsp3) is 0.605. The maximum absolute atomic E-state index is 14.7. The minimum Gasteiger partial charge on any atom is -0.444 e. The predicted octanol–water partition coefficient (Wildman–Crippen LogP) is 11.1. The second-order valence-corrected chi connectivity index (χ2v) is 39.8. The fourth-order valence-electron chi connectivity index (χ4n) is 16.2. The van der Waals surface area contributed by atoms with E-state index in [1.807, 2.05) is 18.2 Å². The lowest BCUT2D eigenvalue weighted by molar-refractivity contribution is -0.142. The van der Waals surface area contributed by atoms with Crippen molar-refractivity contribution < 1.29 is 99.8 Å². The van der Waals surface area contributed by atoms with Gasteiger partial charge in [0.2, 0.25) is 43.7 Å². The van der Waals surface area contributed by atoms with E-state index in [0.717, 1.165) is 66.1 Å². The number of ether oxygens (including phenoxy) is 2. The van der Waals surface area contributed by atoms with E-state index in [1.54, 1.807) is 61.5 Å². The van der Waals surface area contributed by atoms with Crippen molar-refractivity contribution in [1.29, 1.82) is 0 Å². The summed E-state index contributed by atoms with van der Waals surface area (Å²) >= 11 is 0. The number of halogens is 8. The highest BCUT2D eigenvalue weighted by Crippen LogP contribution is 2.51. The van der Waals surface area contributed by atoms with Gasteiger partial charge < -0.3 is 50.8 Å². The summed E-state index contributed by atoms with van der Waals surface area (Å²) in [5, 5.41) is 14.7. The number of benzene rings is 4. The second kappa shape index (κ2) is 32.6.